The minimum Gasteiger partial charge on any atom is -0.352 e. The van der Waals surface area contributed by atoms with Crippen molar-refractivity contribution in [3.8, 4) is 0 Å². The zero-order valence-corrected chi connectivity index (χ0v) is 11.7. The van der Waals surface area contributed by atoms with Gasteiger partial charge in [-0.15, -0.1) is 0 Å². The number of amides is 1. The van der Waals surface area contributed by atoms with Crippen molar-refractivity contribution in [1.82, 2.24) is 15.1 Å². The van der Waals surface area contributed by atoms with E-state index in [1.54, 1.807) is 23.0 Å². The van der Waals surface area contributed by atoms with Crippen molar-refractivity contribution in [1.29, 1.82) is 0 Å². The Morgan fingerprint density at radius 2 is 2.05 bits per heavy atom. The zero-order valence-electron chi connectivity index (χ0n) is 11.7. The van der Waals surface area contributed by atoms with E-state index in [1.807, 2.05) is 14.0 Å². The Morgan fingerprint density at radius 3 is 2.65 bits per heavy atom. The van der Waals surface area contributed by atoms with Crippen molar-refractivity contribution in [2.24, 2.45) is 7.05 Å². The van der Waals surface area contributed by atoms with Gasteiger partial charge in [-0.1, -0.05) is 12.1 Å². The molecule has 1 N–H and O–H groups in total. The van der Waals surface area contributed by atoms with Gasteiger partial charge in [0, 0.05) is 25.7 Å². The van der Waals surface area contributed by atoms with Crippen molar-refractivity contribution in [3.05, 3.63) is 53.1 Å². The van der Waals surface area contributed by atoms with E-state index >= 15 is 0 Å². The number of aromatic nitrogens is 2. The molecule has 1 aromatic heterocycles. The molecule has 0 fully saturated rings. The first-order valence-corrected chi connectivity index (χ1v) is 6.55. The van der Waals surface area contributed by atoms with Gasteiger partial charge in [-0.3, -0.25) is 9.48 Å². The van der Waals surface area contributed by atoms with Gasteiger partial charge >= 0.3 is 0 Å². The van der Waals surface area contributed by atoms with Gasteiger partial charge < -0.3 is 5.32 Å². The van der Waals surface area contributed by atoms with Gasteiger partial charge in [0.1, 0.15) is 5.82 Å². The molecule has 0 bridgehead atoms. The summed E-state index contributed by atoms with van der Waals surface area (Å²) in [5.41, 5.74) is 3.05. The second kappa shape index (κ2) is 6.32. The lowest BCUT2D eigenvalue weighted by Gasteiger charge is -2.05. The number of rotatable bonds is 5. The quantitative estimate of drug-likeness (QED) is 0.908. The first kappa shape index (κ1) is 14.2. The average molecular weight is 275 g/mol. The number of hydrogen-bond donors (Lipinski definition) is 1. The maximum absolute atomic E-state index is 12.7. The fourth-order valence-corrected chi connectivity index (χ4v) is 1.93. The summed E-state index contributed by atoms with van der Waals surface area (Å²) in [6, 6.07) is 6.11. The lowest BCUT2D eigenvalue weighted by atomic mass is 10.1. The molecule has 0 radical (unpaired) electrons. The Morgan fingerprint density at radius 1 is 1.35 bits per heavy atom. The predicted molar refractivity (Wildman–Crippen MR) is 74.5 cm³/mol. The van der Waals surface area contributed by atoms with Crippen LogP contribution in [0.4, 0.5) is 4.39 Å². The van der Waals surface area contributed by atoms with Crippen molar-refractivity contribution in [2.45, 2.75) is 26.3 Å². The van der Waals surface area contributed by atoms with Crippen molar-refractivity contribution in [3.63, 3.8) is 0 Å². The number of nitrogens with zero attached hydrogens (tertiary/aromatic N) is 2. The maximum Gasteiger partial charge on any atom is 0.220 e. The fraction of sp³-hybridized carbons (Fsp3) is 0.333. The molecule has 106 valence electrons. The number of carbonyl (C=O) groups excluding carboxylic acids is 1. The molecule has 0 unspecified atom stereocenters. The Kier molecular flexibility index (Phi) is 4.50. The van der Waals surface area contributed by atoms with Crippen LogP contribution in [-0.2, 0) is 24.8 Å². The van der Waals surface area contributed by atoms with E-state index in [0.29, 0.717) is 19.4 Å². The Labute approximate surface area is 117 Å². The van der Waals surface area contributed by atoms with E-state index < -0.39 is 0 Å². The Bertz CT molecular complexity index is 590. The van der Waals surface area contributed by atoms with Crippen LogP contribution in [0.3, 0.4) is 0 Å². The molecule has 20 heavy (non-hydrogen) atoms. The molecule has 0 spiro atoms. The number of aryl methyl sites for hydroxylation is 2. The first-order valence-electron chi connectivity index (χ1n) is 6.55. The van der Waals surface area contributed by atoms with Gasteiger partial charge in [-0.25, -0.2) is 4.39 Å². The molecule has 2 aromatic rings. The summed E-state index contributed by atoms with van der Waals surface area (Å²) >= 11 is 0. The van der Waals surface area contributed by atoms with Crippen LogP contribution in [0.15, 0.2) is 30.5 Å². The average Bonchev–Trinajstić information content (AvgIpc) is 2.76. The highest BCUT2D eigenvalue weighted by atomic mass is 19.1. The molecule has 1 heterocycles. The van der Waals surface area contributed by atoms with E-state index in [0.717, 1.165) is 16.8 Å². The summed E-state index contributed by atoms with van der Waals surface area (Å²) in [6.45, 7) is 2.41. The van der Waals surface area contributed by atoms with Crippen molar-refractivity contribution >= 4 is 5.91 Å². The van der Waals surface area contributed by atoms with E-state index in [4.69, 9.17) is 0 Å². The van der Waals surface area contributed by atoms with E-state index in [-0.39, 0.29) is 11.7 Å². The second-order valence-electron chi connectivity index (χ2n) is 4.78. The highest BCUT2D eigenvalue weighted by Gasteiger charge is 2.07. The second-order valence-corrected chi connectivity index (χ2v) is 4.78. The van der Waals surface area contributed by atoms with Crippen LogP contribution in [0.1, 0.15) is 23.2 Å². The van der Waals surface area contributed by atoms with E-state index in [1.165, 1.54) is 12.1 Å². The largest absolute Gasteiger partial charge is 0.352 e. The van der Waals surface area contributed by atoms with Crippen LogP contribution in [0.2, 0.25) is 0 Å². The lowest BCUT2D eigenvalue weighted by Crippen LogP contribution is -2.23. The third-order valence-electron chi connectivity index (χ3n) is 3.36. The normalized spacial score (nSPS) is 10.6. The standard InChI is InChI=1S/C15H18FN3O/c1-11-13(10-18-19(11)2)5-8-15(20)17-9-12-3-6-14(16)7-4-12/h3-4,6-7,10H,5,8-9H2,1-2H3,(H,17,20). The first-order chi connectivity index (χ1) is 9.56. The molecule has 2 rings (SSSR count). The highest BCUT2D eigenvalue weighted by Crippen LogP contribution is 2.08. The van der Waals surface area contributed by atoms with Gasteiger partial charge in [-0.2, -0.15) is 5.10 Å². The molecule has 0 aliphatic heterocycles. The molecule has 0 aliphatic carbocycles. The lowest BCUT2D eigenvalue weighted by molar-refractivity contribution is -0.121. The van der Waals surface area contributed by atoms with Crippen LogP contribution in [0, 0.1) is 12.7 Å². The minimum atomic E-state index is -0.271. The van der Waals surface area contributed by atoms with Crippen LogP contribution in [0.25, 0.3) is 0 Å². The highest BCUT2D eigenvalue weighted by molar-refractivity contribution is 5.76. The van der Waals surface area contributed by atoms with E-state index in [9.17, 15) is 9.18 Å². The third kappa shape index (κ3) is 3.66. The molecule has 0 saturated heterocycles. The Balaban J connectivity index is 1.78. The SMILES string of the molecule is Cc1c(CCC(=O)NCc2ccc(F)cc2)cnn1C. The summed E-state index contributed by atoms with van der Waals surface area (Å²) in [6.07, 6.45) is 2.89. The van der Waals surface area contributed by atoms with Crippen LogP contribution in [0.5, 0.6) is 0 Å². The van der Waals surface area contributed by atoms with Gasteiger partial charge in [0.2, 0.25) is 5.91 Å². The summed E-state index contributed by atoms with van der Waals surface area (Å²) < 4.78 is 14.5. The van der Waals surface area contributed by atoms with Crippen LogP contribution >= 0.6 is 0 Å². The summed E-state index contributed by atoms with van der Waals surface area (Å²) in [5.74, 6) is -0.287. The molecular formula is C15H18FN3O. The molecule has 5 heteroatoms. The number of hydrogen-bond acceptors (Lipinski definition) is 2. The number of halogens is 1. The molecule has 4 nitrogen and oxygen atoms in total. The van der Waals surface area contributed by atoms with Crippen LogP contribution < -0.4 is 5.32 Å². The monoisotopic (exact) mass is 275 g/mol. The molecule has 0 saturated carbocycles. The zero-order chi connectivity index (χ0) is 14.5. The molecular weight excluding hydrogens is 257 g/mol. The van der Waals surface area contributed by atoms with Crippen molar-refractivity contribution in [2.75, 3.05) is 0 Å². The van der Waals surface area contributed by atoms with E-state index in [2.05, 4.69) is 10.4 Å². The van der Waals surface area contributed by atoms with Gasteiger partial charge in [0.25, 0.3) is 0 Å². The fourth-order valence-electron chi connectivity index (χ4n) is 1.93. The summed E-state index contributed by atoms with van der Waals surface area (Å²) in [7, 11) is 1.88. The third-order valence-corrected chi connectivity index (χ3v) is 3.36. The molecule has 1 amide bonds. The minimum absolute atomic E-state index is 0.0161. The molecule has 0 atom stereocenters. The maximum atomic E-state index is 12.7. The number of nitrogens with one attached hydrogen (secondary N) is 1. The van der Waals surface area contributed by atoms with Crippen LogP contribution in [-0.4, -0.2) is 15.7 Å². The molecule has 0 aliphatic rings. The Hall–Kier alpha value is -2.17. The number of carbonyl (C=O) groups is 1. The number of benzene rings is 1. The smallest absolute Gasteiger partial charge is 0.220 e. The van der Waals surface area contributed by atoms with Gasteiger partial charge in [0.05, 0.1) is 6.20 Å². The summed E-state index contributed by atoms with van der Waals surface area (Å²) in [5, 5.41) is 6.97. The topological polar surface area (TPSA) is 46.9 Å². The molecule has 1 aromatic carbocycles. The predicted octanol–water partition coefficient (Wildman–Crippen LogP) is 2.12. The van der Waals surface area contributed by atoms with Gasteiger partial charge in [-0.05, 0) is 36.6 Å². The van der Waals surface area contributed by atoms with Crippen molar-refractivity contribution < 1.29 is 9.18 Å². The van der Waals surface area contributed by atoms with Gasteiger partial charge in [0.15, 0.2) is 0 Å². The summed E-state index contributed by atoms with van der Waals surface area (Å²) in [4.78, 5) is 11.8.